The Kier molecular flexibility index (Phi) is 2.72. The van der Waals surface area contributed by atoms with Gasteiger partial charge in [-0.2, -0.15) is 0 Å². The number of hydrogen-bond acceptors (Lipinski definition) is 4. The summed E-state index contributed by atoms with van der Waals surface area (Å²) >= 11 is 1.95. The fourth-order valence-corrected chi connectivity index (χ4v) is 3.55. The molecule has 2 saturated heterocycles. The van der Waals surface area contributed by atoms with Crippen LogP contribution in [0.15, 0.2) is 0 Å². The molecule has 1 spiro atoms. The molecule has 1 amide bonds. The highest BCUT2D eigenvalue weighted by atomic mass is 32.2. The summed E-state index contributed by atoms with van der Waals surface area (Å²) in [6, 6.07) is 0. The van der Waals surface area contributed by atoms with Crippen LogP contribution in [0.4, 0.5) is 0 Å². The van der Waals surface area contributed by atoms with Gasteiger partial charge in [-0.3, -0.25) is 9.69 Å². The molecule has 2 rings (SSSR count). The lowest BCUT2D eigenvalue weighted by Gasteiger charge is -2.50. The second kappa shape index (κ2) is 3.72. The van der Waals surface area contributed by atoms with E-state index in [1.807, 2.05) is 16.7 Å². The summed E-state index contributed by atoms with van der Waals surface area (Å²) in [5.74, 6) is 1.25. The van der Waals surface area contributed by atoms with Crippen LogP contribution in [-0.4, -0.2) is 64.7 Å². The number of likely N-dealkylation sites (tertiary alicyclic amines) is 1. The molecule has 0 unspecified atom stereocenters. The first kappa shape index (κ1) is 10.3. The summed E-state index contributed by atoms with van der Waals surface area (Å²) in [5, 5.41) is 8.65. The van der Waals surface area contributed by atoms with Gasteiger partial charge in [0.2, 0.25) is 5.91 Å². The summed E-state index contributed by atoms with van der Waals surface area (Å²) in [5.41, 5.74) is 0. The van der Waals surface area contributed by atoms with Crippen molar-refractivity contribution in [3.63, 3.8) is 0 Å². The van der Waals surface area contributed by atoms with Crippen molar-refractivity contribution in [2.24, 2.45) is 0 Å². The van der Waals surface area contributed by atoms with Crippen molar-refractivity contribution in [1.82, 2.24) is 9.80 Å². The summed E-state index contributed by atoms with van der Waals surface area (Å²) in [7, 11) is 2.12. The smallest absolute Gasteiger partial charge is 0.225 e. The molecule has 0 saturated carbocycles. The Morgan fingerprint density at radius 1 is 1.57 bits per heavy atom. The van der Waals surface area contributed by atoms with Crippen LogP contribution in [0, 0.1) is 0 Å². The van der Waals surface area contributed by atoms with E-state index in [-0.39, 0.29) is 23.8 Å². The third kappa shape index (κ3) is 1.53. The number of aliphatic hydroxyl groups is 1. The van der Waals surface area contributed by atoms with Crippen LogP contribution in [0.2, 0.25) is 0 Å². The Morgan fingerprint density at radius 2 is 2.29 bits per heavy atom. The molecule has 0 aliphatic carbocycles. The Balaban J connectivity index is 1.86. The van der Waals surface area contributed by atoms with Crippen molar-refractivity contribution in [3.8, 4) is 0 Å². The first-order chi connectivity index (χ1) is 6.68. The van der Waals surface area contributed by atoms with Gasteiger partial charge in [0.15, 0.2) is 0 Å². The lowest BCUT2D eigenvalue weighted by Crippen LogP contribution is -2.66. The van der Waals surface area contributed by atoms with Crippen molar-refractivity contribution < 1.29 is 9.90 Å². The van der Waals surface area contributed by atoms with Crippen LogP contribution in [0.1, 0.15) is 6.42 Å². The van der Waals surface area contributed by atoms with Crippen LogP contribution >= 0.6 is 11.8 Å². The van der Waals surface area contributed by atoms with Gasteiger partial charge in [0.1, 0.15) is 4.87 Å². The molecule has 14 heavy (non-hydrogen) atoms. The fourth-order valence-electron chi connectivity index (χ4n) is 2.00. The average molecular weight is 216 g/mol. The molecule has 0 bridgehead atoms. The van der Waals surface area contributed by atoms with E-state index >= 15 is 0 Å². The molecule has 0 aromatic heterocycles. The normalized spacial score (nSPS) is 25.4. The Morgan fingerprint density at radius 3 is 2.79 bits per heavy atom. The summed E-state index contributed by atoms with van der Waals surface area (Å²) in [6.07, 6.45) is 0.268. The van der Waals surface area contributed by atoms with Gasteiger partial charge < -0.3 is 10.0 Å². The van der Waals surface area contributed by atoms with E-state index in [1.54, 1.807) is 0 Å². The average Bonchev–Trinajstić information content (AvgIpc) is 2.44. The number of amides is 1. The molecule has 80 valence electrons. The standard InChI is InChI=1S/C9H16N2O2S/c1-10-3-5-14-9(10)6-11(7-9)8(13)2-4-12/h12H,2-7H2,1H3. The highest BCUT2D eigenvalue weighted by Crippen LogP contribution is 2.42. The minimum atomic E-state index is -0.0364. The van der Waals surface area contributed by atoms with Crippen molar-refractivity contribution in [1.29, 1.82) is 0 Å². The molecular weight excluding hydrogens is 200 g/mol. The maximum absolute atomic E-state index is 11.4. The second-order valence-electron chi connectivity index (χ2n) is 3.94. The van der Waals surface area contributed by atoms with Gasteiger partial charge >= 0.3 is 0 Å². The van der Waals surface area contributed by atoms with Crippen molar-refractivity contribution in [3.05, 3.63) is 0 Å². The maximum atomic E-state index is 11.4. The van der Waals surface area contributed by atoms with E-state index in [1.165, 1.54) is 5.75 Å². The number of aliphatic hydroxyl groups excluding tert-OH is 1. The second-order valence-corrected chi connectivity index (χ2v) is 5.40. The third-order valence-corrected chi connectivity index (χ3v) is 4.54. The zero-order valence-corrected chi connectivity index (χ0v) is 9.22. The number of likely N-dealkylation sites (N-methyl/N-ethyl adjacent to an activating group) is 1. The summed E-state index contributed by atoms with van der Waals surface area (Å²) < 4.78 is 0. The lowest BCUT2D eigenvalue weighted by molar-refractivity contribution is -0.140. The van der Waals surface area contributed by atoms with Crippen LogP contribution in [-0.2, 0) is 4.79 Å². The number of hydrogen-bond donors (Lipinski definition) is 1. The minimum Gasteiger partial charge on any atom is -0.396 e. The van der Waals surface area contributed by atoms with Gasteiger partial charge in [0.25, 0.3) is 0 Å². The van der Waals surface area contributed by atoms with Crippen molar-refractivity contribution in [2.75, 3.05) is 39.0 Å². The monoisotopic (exact) mass is 216 g/mol. The van der Waals surface area contributed by atoms with Crippen LogP contribution in [0.5, 0.6) is 0 Å². The van der Waals surface area contributed by atoms with Crippen molar-refractivity contribution in [2.45, 2.75) is 11.3 Å². The molecule has 4 nitrogen and oxygen atoms in total. The Bertz CT molecular complexity index is 241. The van der Waals surface area contributed by atoms with Gasteiger partial charge in [-0.15, -0.1) is 11.8 Å². The van der Waals surface area contributed by atoms with Gasteiger partial charge in [-0.05, 0) is 7.05 Å². The lowest BCUT2D eigenvalue weighted by atomic mass is 10.1. The van der Waals surface area contributed by atoms with Gasteiger partial charge in [-0.25, -0.2) is 0 Å². The highest BCUT2D eigenvalue weighted by molar-refractivity contribution is 8.01. The quantitative estimate of drug-likeness (QED) is 0.681. The molecule has 2 aliphatic rings. The topological polar surface area (TPSA) is 43.8 Å². The SMILES string of the molecule is CN1CCSC12CN(C(=O)CCO)C2. The van der Waals surface area contributed by atoms with Crippen LogP contribution in [0.3, 0.4) is 0 Å². The third-order valence-electron chi connectivity index (χ3n) is 3.05. The Labute approximate surface area is 88.2 Å². The molecule has 2 heterocycles. The molecule has 0 aromatic rings. The number of nitrogens with zero attached hydrogens (tertiary/aromatic N) is 2. The van der Waals surface area contributed by atoms with Crippen LogP contribution in [0.25, 0.3) is 0 Å². The zero-order chi connectivity index (χ0) is 10.2. The molecule has 1 N–H and O–H groups in total. The first-order valence-corrected chi connectivity index (χ1v) is 5.90. The predicted octanol–water partition coefficient (Wildman–Crippen LogP) is -0.414. The van der Waals surface area contributed by atoms with Gasteiger partial charge in [0, 0.05) is 18.7 Å². The van der Waals surface area contributed by atoms with E-state index in [0.717, 1.165) is 19.6 Å². The van der Waals surface area contributed by atoms with E-state index in [2.05, 4.69) is 11.9 Å². The Hall–Kier alpha value is -0.260. The van der Waals surface area contributed by atoms with E-state index in [4.69, 9.17) is 5.11 Å². The number of rotatable bonds is 2. The van der Waals surface area contributed by atoms with Crippen LogP contribution < -0.4 is 0 Å². The molecule has 0 radical (unpaired) electrons. The number of carbonyl (C=O) groups is 1. The zero-order valence-electron chi connectivity index (χ0n) is 8.40. The first-order valence-electron chi connectivity index (χ1n) is 4.92. The predicted molar refractivity (Wildman–Crippen MR) is 56.1 cm³/mol. The van der Waals surface area contributed by atoms with E-state index in [0.29, 0.717) is 0 Å². The van der Waals surface area contributed by atoms with E-state index < -0.39 is 0 Å². The van der Waals surface area contributed by atoms with Gasteiger partial charge in [-0.1, -0.05) is 0 Å². The molecule has 5 heteroatoms. The van der Waals surface area contributed by atoms with Gasteiger partial charge in [0.05, 0.1) is 19.7 Å². The van der Waals surface area contributed by atoms with Crippen molar-refractivity contribution >= 4 is 17.7 Å². The molecule has 2 fully saturated rings. The molecule has 2 aliphatic heterocycles. The summed E-state index contributed by atoms with van der Waals surface area (Å²) in [4.78, 5) is 15.8. The molecule has 0 aromatic carbocycles. The fraction of sp³-hybridized carbons (Fsp3) is 0.889. The highest BCUT2D eigenvalue weighted by Gasteiger charge is 2.50. The minimum absolute atomic E-state index is 0.0364. The number of carbonyl (C=O) groups excluding carboxylic acids is 1. The maximum Gasteiger partial charge on any atom is 0.225 e. The molecular formula is C9H16N2O2S. The number of thioether (sulfide) groups is 1. The van der Waals surface area contributed by atoms with E-state index in [9.17, 15) is 4.79 Å². The largest absolute Gasteiger partial charge is 0.396 e. The summed E-state index contributed by atoms with van der Waals surface area (Å²) in [6.45, 7) is 2.73. The molecule has 0 atom stereocenters.